The van der Waals surface area contributed by atoms with Gasteiger partial charge in [0, 0.05) is 31.1 Å². The van der Waals surface area contributed by atoms with Crippen molar-refractivity contribution in [3.63, 3.8) is 0 Å². The van der Waals surface area contributed by atoms with E-state index in [2.05, 4.69) is 4.98 Å². The summed E-state index contributed by atoms with van der Waals surface area (Å²) in [6.45, 7) is -0.173. The number of ether oxygens (including phenoxy) is 3. The number of carbonyl (C=O) groups is 1. The van der Waals surface area contributed by atoms with E-state index in [9.17, 15) is 14.4 Å². The Bertz CT molecular complexity index is 1190. The second-order valence-corrected chi connectivity index (χ2v) is 7.28. The smallest absolute Gasteiger partial charge is 0.330 e. The highest BCUT2D eigenvalue weighted by atomic mass is 32.1. The van der Waals surface area contributed by atoms with Crippen molar-refractivity contribution in [2.75, 3.05) is 14.2 Å². The van der Waals surface area contributed by atoms with Crippen molar-refractivity contribution in [1.29, 1.82) is 0 Å². The van der Waals surface area contributed by atoms with Gasteiger partial charge in [0.05, 0.1) is 32.0 Å². The van der Waals surface area contributed by atoms with E-state index in [0.29, 0.717) is 22.9 Å². The van der Waals surface area contributed by atoms with E-state index < -0.39 is 17.2 Å². The Morgan fingerprint density at radius 1 is 1.07 bits per heavy atom. The number of thiazole rings is 1. The topological polar surface area (TPSA) is 102 Å². The molecule has 2 aromatic heterocycles. The largest absolute Gasteiger partial charge is 0.493 e. The van der Waals surface area contributed by atoms with Gasteiger partial charge < -0.3 is 14.2 Å². The molecule has 1 aromatic carbocycles. The molecule has 0 aliphatic rings. The summed E-state index contributed by atoms with van der Waals surface area (Å²) in [5.41, 5.74) is 0.789. The molecular formula is C20H21N3O6S. The van der Waals surface area contributed by atoms with E-state index in [-0.39, 0.29) is 13.0 Å². The van der Waals surface area contributed by atoms with Crippen molar-refractivity contribution in [3.8, 4) is 22.1 Å². The van der Waals surface area contributed by atoms with Crippen LogP contribution in [0.5, 0.6) is 11.5 Å². The van der Waals surface area contributed by atoms with Gasteiger partial charge in [-0.2, -0.15) is 0 Å². The number of nitrogens with zero attached hydrogens (tertiary/aromatic N) is 3. The van der Waals surface area contributed by atoms with Crippen LogP contribution in [0.1, 0.15) is 11.4 Å². The Morgan fingerprint density at radius 3 is 2.50 bits per heavy atom. The molecule has 2 heterocycles. The number of esters is 1. The zero-order valence-electron chi connectivity index (χ0n) is 17.0. The van der Waals surface area contributed by atoms with Crippen LogP contribution in [-0.2, 0) is 36.7 Å². The van der Waals surface area contributed by atoms with Crippen LogP contribution in [0.3, 0.4) is 0 Å². The van der Waals surface area contributed by atoms with E-state index in [1.54, 1.807) is 25.7 Å². The van der Waals surface area contributed by atoms with E-state index in [1.807, 2.05) is 12.1 Å². The molecule has 0 saturated carbocycles. The highest BCUT2D eigenvalue weighted by Gasteiger charge is 2.14. The molecule has 158 valence electrons. The minimum absolute atomic E-state index is 0.0252. The van der Waals surface area contributed by atoms with Crippen LogP contribution in [0, 0.1) is 0 Å². The first kappa shape index (κ1) is 21.3. The summed E-state index contributed by atoms with van der Waals surface area (Å²) in [5, 5.41) is 2.51. The SMILES string of the molecule is COc1ccc(-c2nc(CC(=O)OCc3cc(=O)n(C)c(=O)n3C)cs2)cc1OC. The van der Waals surface area contributed by atoms with Crippen molar-refractivity contribution in [1.82, 2.24) is 14.1 Å². The van der Waals surface area contributed by atoms with Crippen LogP contribution in [0.2, 0.25) is 0 Å². The van der Waals surface area contributed by atoms with Gasteiger partial charge in [-0.25, -0.2) is 9.78 Å². The number of methoxy groups -OCH3 is 2. The Kier molecular flexibility index (Phi) is 6.36. The predicted octanol–water partition coefficient (Wildman–Crippen LogP) is 1.51. The molecule has 0 atom stereocenters. The molecule has 0 N–H and O–H groups in total. The molecule has 0 spiro atoms. The number of rotatable bonds is 7. The zero-order valence-corrected chi connectivity index (χ0v) is 17.8. The monoisotopic (exact) mass is 431 g/mol. The summed E-state index contributed by atoms with van der Waals surface area (Å²) in [5.74, 6) is 0.699. The third-order valence-electron chi connectivity index (χ3n) is 4.51. The average Bonchev–Trinajstić information content (AvgIpc) is 3.21. The Hall–Kier alpha value is -3.40. The van der Waals surface area contributed by atoms with Crippen molar-refractivity contribution < 1.29 is 19.0 Å². The van der Waals surface area contributed by atoms with E-state index >= 15 is 0 Å². The molecule has 3 aromatic rings. The molecule has 0 aliphatic carbocycles. The molecule has 3 rings (SSSR count). The molecule has 9 nitrogen and oxygen atoms in total. The number of hydrogen-bond acceptors (Lipinski definition) is 8. The number of carbonyl (C=O) groups excluding carboxylic acids is 1. The lowest BCUT2D eigenvalue weighted by atomic mass is 10.2. The van der Waals surface area contributed by atoms with E-state index in [1.165, 1.54) is 36.1 Å². The Morgan fingerprint density at radius 2 is 1.80 bits per heavy atom. The molecule has 0 amide bonds. The molecule has 0 radical (unpaired) electrons. The fourth-order valence-corrected chi connectivity index (χ4v) is 3.58. The molecule has 0 unspecified atom stereocenters. The van der Waals surface area contributed by atoms with Crippen LogP contribution >= 0.6 is 11.3 Å². The van der Waals surface area contributed by atoms with Crippen LogP contribution < -0.4 is 20.7 Å². The molecule has 10 heteroatoms. The maximum absolute atomic E-state index is 12.2. The van der Waals surface area contributed by atoms with Crippen LogP contribution in [-0.4, -0.2) is 34.3 Å². The normalized spacial score (nSPS) is 10.7. The summed E-state index contributed by atoms with van der Waals surface area (Å²) in [4.78, 5) is 40.4. The van der Waals surface area contributed by atoms with Crippen molar-refractivity contribution in [2.45, 2.75) is 13.0 Å². The fraction of sp³-hybridized carbons (Fsp3) is 0.300. The third-order valence-corrected chi connectivity index (χ3v) is 5.45. The minimum Gasteiger partial charge on any atom is -0.493 e. The van der Waals surface area contributed by atoms with Gasteiger partial charge in [0.25, 0.3) is 5.56 Å². The van der Waals surface area contributed by atoms with Gasteiger partial charge in [-0.15, -0.1) is 11.3 Å². The van der Waals surface area contributed by atoms with Gasteiger partial charge in [-0.1, -0.05) is 0 Å². The first-order valence-corrected chi connectivity index (χ1v) is 9.80. The first-order chi connectivity index (χ1) is 14.3. The summed E-state index contributed by atoms with van der Waals surface area (Å²) in [6.07, 6.45) is -0.0252. The molecular weight excluding hydrogens is 410 g/mol. The first-order valence-electron chi connectivity index (χ1n) is 8.92. The van der Waals surface area contributed by atoms with Crippen LogP contribution in [0.4, 0.5) is 0 Å². The maximum Gasteiger partial charge on any atom is 0.330 e. The van der Waals surface area contributed by atoms with Gasteiger partial charge in [0.15, 0.2) is 11.5 Å². The van der Waals surface area contributed by atoms with Gasteiger partial charge in [0.2, 0.25) is 0 Å². The fourth-order valence-electron chi connectivity index (χ4n) is 2.76. The quantitative estimate of drug-likeness (QED) is 0.523. The summed E-state index contributed by atoms with van der Waals surface area (Å²) in [7, 11) is 6.03. The molecule has 0 saturated heterocycles. The number of hydrogen-bond donors (Lipinski definition) is 0. The number of aromatic nitrogens is 3. The summed E-state index contributed by atoms with van der Waals surface area (Å²) >= 11 is 1.39. The van der Waals surface area contributed by atoms with Gasteiger partial charge >= 0.3 is 11.7 Å². The highest BCUT2D eigenvalue weighted by Crippen LogP contribution is 2.33. The maximum atomic E-state index is 12.2. The van der Waals surface area contributed by atoms with Gasteiger partial charge in [-0.3, -0.25) is 18.7 Å². The zero-order chi connectivity index (χ0) is 21.8. The lowest BCUT2D eigenvalue weighted by molar-refractivity contribution is -0.144. The highest BCUT2D eigenvalue weighted by molar-refractivity contribution is 7.13. The van der Waals surface area contributed by atoms with Crippen molar-refractivity contribution >= 4 is 17.3 Å². The van der Waals surface area contributed by atoms with Gasteiger partial charge in [-0.05, 0) is 18.2 Å². The van der Waals surface area contributed by atoms with Crippen LogP contribution in [0.15, 0.2) is 39.2 Å². The Balaban J connectivity index is 1.67. The average molecular weight is 431 g/mol. The summed E-state index contributed by atoms with van der Waals surface area (Å²) < 4.78 is 18.0. The standard InChI is InChI=1S/C20H21N3O6S/c1-22-14(9-17(24)23(2)20(22)26)10-29-18(25)8-13-11-30-19(21-13)12-5-6-15(27-3)16(7-12)28-4/h5-7,9,11H,8,10H2,1-4H3. The number of benzene rings is 1. The van der Waals surface area contributed by atoms with Crippen molar-refractivity contribution in [3.05, 3.63) is 61.9 Å². The van der Waals surface area contributed by atoms with Crippen molar-refractivity contribution in [2.24, 2.45) is 14.1 Å². The molecule has 0 aliphatic heterocycles. The lowest BCUT2D eigenvalue weighted by Gasteiger charge is -2.09. The third kappa shape index (κ3) is 4.43. The van der Waals surface area contributed by atoms with Crippen LogP contribution in [0.25, 0.3) is 10.6 Å². The van der Waals surface area contributed by atoms with E-state index in [0.717, 1.165) is 15.1 Å². The van der Waals surface area contributed by atoms with Gasteiger partial charge in [0.1, 0.15) is 11.6 Å². The van der Waals surface area contributed by atoms with E-state index in [4.69, 9.17) is 14.2 Å². The molecule has 30 heavy (non-hydrogen) atoms. The second-order valence-electron chi connectivity index (χ2n) is 6.43. The molecule has 0 bridgehead atoms. The molecule has 0 fully saturated rings. The second kappa shape index (κ2) is 8.95. The minimum atomic E-state index is -0.507. The lowest BCUT2D eigenvalue weighted by Crippen LogP contribution is -2.38. The predicted molar refractivity (Wildman–Crippen MR) is 111 cm³/mol. The summed E-state index contributed by atoms with van der Waals surface area (Å²) in [6, 6.07) is 6.74. The Labute approximate surface area is 176 Å².